The van der Waals surface area contributed by atoms with Gasteiger partial charge in [-0.25, -0.2) is 22.8 Å². The molecule has 4 heterocycles. The number of carbonyl (C=O) groups excluding carboxylic acids is 1. The number of carbonyl (C=O) groups is 1. The van der Waals surface area contributed by atoms with E-state index in [2.05, 4.69) is 47.5 Å². The molecule has 2 aliphatic rings. The second-order valence-electron chi connectivity index (χ2n) is 12.0. The lowest BCUT2D eigenvalue weighted by atomic mass is 9.97. The minimum absolute atomic E-state index is 0. The summed E-state index contributed by atoms with van der Waals surface area (Å²) in [4.78, 5) is 20.3. The van der Waals surface area contributed by atoms with Crippen LogP contribution in [0.1, 0.15) is 69.4 Å². The molecule has 0 radical (unpaired) electrons. The number of aryl methyl sites for hydroxylation is 2. The number of nitrogens with zero attached hydrogens (tertiary/aromatic N) is 6. The Hall–Kier alpha value is -3.06. The van der Waals surface area contributed by atoms with E-state index in [0.29, 0.717) is 47.7 Å². The molecule has 1 saturated heterocycles. The minimum atomic E-state index is -4.13. The topological polar surface area (TPSA) is 124 Å². The molecule has 1 atom stereocenters. The fourth-order valence-corrected chi connectivity index (χ4v) is 6.54. The third-order valence-electron chi connectivity index (χ3n) is 7.78. The Kier molecular flexibility index (Phi) is 8.03. The maximum absolute atomic E-state index is 13.5. The van der Waals surface area contributed by atoms with Gasteiger partial charge in [0.25, 0.3) is 15.9 Å². The van der Waals surface area contributed by atoms with Crippen LogP contribution in [0.5, 0.6) is 5.88 Å². The highest BCUT2D eigenvalue weighted by molar-refractivity contribution is 7.90. The maximum Gasteiger partial charge on any atom is 0.268 e. The highest BCUT2D eigenvalue weighted by Gasteiger charge is 2.40. The molecule has 13 heteroatoms. The van der Waals surface area contributed by atoms with Gasteiger partial charge >= 0.3 is 0 Å². The number of sulfonamides is 1. The van der Waals surface area contributed by atoms with Crippen molar-refractivity contribution >= 4 is 35.2 Å². The SMILES string of the molecule is Cc1nn(C)cc1S(=O)(=O)NC(=O)c1ccc(-n2ccc(OCCC3(C)CC3)n2)nc1N1C[C@@H](C)CC1(C)C.S. The van der Waals surface area contributed by atoms with E-state index in [9.17, 15) is 13.2 Å². The molecule has 1 saturated carbocycles. The average Bonchev–Trinajstić information content (AvgIpc) is 3.14. The van der Waals surface area contributed by atoms with E-state index < -0.39 is 15.9 Å². The molecule has 40 heavy (non-hydrogen) atoms. The molecule has 5 rings (SSSR count). The predicted octanol–water partition coefficient (Wildman–Crippen LogP) is 3.73. The molecule has 3 aromatic rings. The van der Waals surface area contributed by atoms with Crippen molar-refractivity contribution in [2.24, 2.45) is 18.4 Å². The fourth-order valence-electron chi connectivity index (χ4n) is 5.36. The summed E-state index contributed by atoms with van der Waals surface area (Å²) in [6, 6.07) is 5.06. The van der Waals surface area contributed by atoms with Gasteiger partial charge < -0.3 is 9.64 Å². The maximum atomic E-state index is 13.5. The molecular formula is C27H39N7O4S2. The number of hydrogen-bond donors (Lipinski definition) is 1. The van der Waals surface area contributed by atoms with Crippen molar-refractivity contribution in [1.29, 1.82) is 0 Å². The first-order valence-corrected chi connectivity index (χ1v) is 14.8. The molecule has 2 fully saturated rings. The first kappa shape index (κ1) is 29.9. The molecular weight excluding hydrogens is 550 g/mol. The van der Waals surface area contributed by atoms with Crippen molar-refractivity contribution in [3.63, 3.8) is 0 Å². The summed E-state index contributed by atoms with van der Waals surface area (Å²) in [6.07, 6.45) is 7.54. The molecule has 1 aliphatic heterocycles. The smallest absolute Gasteiger partial charge is 0.268 e. The second-order valence-corrected chi connectivity index (χ2v) is 13.6. The average molecular weight is 590 g/mol. The zero-order chi connectivity index (χ0) is 28.2. The van der Waals surface area contributed by atoms with E-state index in [0.717, 1.165) is 12.8 Å². The van der Waals surface area contributed by atoms with Gasteiger partial charge in [0.1, 0.15) is 10.7 Å². The van der Waals surface area contributed by atoms with Gasteiger partial charge in [0.2, 0.25) is 5.88 Å². The second kappa shape index (κ2) is 10.7. The van der Waals surface area contributed by atoms with E-state index >= 15 is 0 Å². The van der Waals surface area contributed by atoms with Gasteiger partial charge in [-0.3, -0.25) is 9.48 Å². The highest BCUT2D eigenvalue weighted by atomic mass is 32.2. The number of anilines is 1. The van der Waals surface area contributed by atoms with Crippen LogP contribution in [0.4, 0.5) is 5.82 Å². The zero-order valence-corrected chi connectivity index (χ0v) is 25.7. The zero-order valence-electron chi connectivity index (χ0n) is 23.9. The third-order valence-corrected chi connectivity index (χ3v) is 9.21. The van der Waals surface area contributed by atoms with Crippen molar-refractivity contribution in [3.8, 4) is 11.7 Å². The van der Waals surface area contributed by atoms with E-state index in [4.69, 9.17) is 9.72 Å². The van der Waals surface area contributed by atoms with Crippen LogP contribution < -0.4 is 14.4 Å². The van der Waals surface area contributed by atoms with E-state index in [1.807, 2.05) is 0 Å². The first-order valence-electron chi connectivity index (χ1n) is 13.3. The van der Waals surface area contributed by atoms with Crippen LogP contribution in [0.25, 0.3) is 5.82 Å². The van der Waals surface area contributed by atoms with Crippen molar-refractivity contribution in [2.75, 3.05) is 18.1 Å². The number of amides is 1. The Bertz CT molecular complexity index is 1510. The summed E-state index contributed by atoms with van der Waals surface area (Å²) >= 11 is 0. The number of rotatable bonds is 9. The van der Waals surface area contributed by atoms with Gasteiger partial charge in [0.05, 0.1) is 17.9 Å². The summed E-state index contributed by atoms with van der Waals surface area (Å²) in [5.74, 6) is 1.06. The minimum Gasteiger partial charge on any atom is -0.477 e. The molecule has 0 bridgehead atoms. The van der Waals surface area contributed by atoms with E-state index in [-0.39, 0.29) is 29.5 Å². The third kappa shape index (κ3) is 6.14. The van der Waals surface area contributed by atoms with E-state index in [1.165, 1.54) is 23.7 Å². The number of pyridine rings is 1. The number of aromatic nitrogens is 5. The standard InChI is InChI=1S/C27H37N7O4S.H2S/c1-18-15-26(3,4)33(16-18)24-20(25(35)31-39(36,37)21-17-32(6)29-19(21)2)7-8-22(28-24)34-13-9-23(30-34)38-14-12-27(5)10-11-27;/h7-9,13,17-18H,10-12,14-16H2,1-6H3,(H,31,35);1H2/t18-;/m0./s1. The summed E-state index contributed by atoms with van der Waals surface area (Å²) in [7, 11) is -2.51. The van der Waals surface area contributed by atoms with Crippen molar-refractivity contribution < 1.29 is 17.9 Å². The van der Waals surface area contributed by atoms with Gasteiger partial charge in [-0.2, -0.15) is 18.6 Å². The lowest BCUT2D eigenvalue weighted by molar-refractivity contribution is 0.0981. The largest absolute Gasteiger partial charge is 0.477 e. The summed E-state index contributed by atoms with van der Waals surface area (Å²) in [6.45, 7) is 11.5. The van der Waals surface area contributed by atoms with Gasteiger partial charge in [0, 0.05) is 37.6 Å². The number of ether oxygens (including phenoxy) is 1. The fraction of sp³-hybridized carbons (Fsp3) is 0.556. The highest BCUT2D eigenvalue weighted by Crippen LogP contribution is 2.48. The summed E-state index contributed by atoms with van der Waals surface area (Å²) in [5, 5.41) is 8.62. The van der Waals surface area contributed by atoms with Crippen molar-refractivity contribution in [3.05, 3.63) is 41.9 Å². The molecule has 1 aliphatic carbocycles. The van der Waals surface area contributed by atoms with Crippen molar-refractivity contribution in [1.82, 2.24) is 29.3 Å². The van der Waals surface area contributed by atoms with Gasteiger partial charge in [-0.15, -0.1) is 5.10 Å². The van der Waals surface area contributed by atoms with Crippen LogP contribution in [-0.4, -0.2) is 57.6 Å². The number of nitrogens with one attached hydrogen (secondary N) is 1. The molecule has 0 aromatic carbocycles. The Morgan fingerprint density at radius 1 is 1.18 bits per heavy atom. The van der Waals surface area contributed by atoms with Crippen molar-refractivity contribution in [2.45, 2.75) is 70.7 Å². The Balaban J connectivity index is 0.00000370. The van der Waals surface area contributed by atoms with Crippen LogP contribution in [0.15, 0.2) is 35.5 Å². The lowest BCUT2D eigenvalue weighted by Gasteiger charge is -2.34. The molecule has 11 nitrogen and oxygen atoms in total. The summed E-state index contributed by atoms with van der Waals surface area (Å²) < 4.78 is 37.2. The number of hydrogen-bond acceptors (Lipinski definition) is 8. The van der Waals surface area contributed by atoms with E-state index in [1.54, 1.807) is 43.0 Å². The Labute approximate surface area is 242 Å². The lowest BCUT2D eigenvalue weighted by Crippen LogP contribution is -2.41. The van der Waals surface area contributed by atoms with Gasteiger partial charge in [-0.05, 0) is 69.9 Å². The van der Waals surface area contributed by atoms with Crippen LogP contribution in [0.2, 0.25) is 0 Å². The van der Waals surface area contributed by atoms with Crippen LogP contribution in [0, 0.1) is 18.3 Å². The molecule has 0 unspecified atom stereocenters. The first-order chi connectivity index (χ1) is 18.3. The summed E-state index contributed by atoms with van der Waals surface area (Å²) in [5.41, 5.74) is 0.602. The Morgan fingerprint density at radius 3 is 2.50 bits per heavy atom. The van der Waals surface area contributed by atoms with Gasteiger partial charge in [-0.1, -0.05) is 13.8 Å². The predicted molar refractivity (Wildman–Crippen MR) is 157 cm³/mol. The quantitative estimate of drug-likeness (QED) is 0.400. The van der Waals surface area contributed by atoms with Gasteiger partial charge in [0.15, 0.2) is 5.82 Å². The molecule has 1 N–H and O–H groups in total. The molecule has 3 aromatic heterocycles. The molecule has 1 amide bonds. The van der Waals surface area contributed by atoms with Crippen LogP contribution in [-0.2, 0) is 17.1 Å². The normalized spacial score (nSPS) is 19.2. The Morgan fingerprint density at radius 2 is 1.90 bits per heavy atom. The van der Waals surface area contributed by atoms with Crippen LogP contribution >= 0.6 is 13.5 Å². The molecule has 218 valence electrons. The van der Waals surface area contributed by atoms with Crippen LogP contribution in [0.3, 0.4) is 0 Å². The monoisotopic (exact) mass is 589 g/mol. The molecule has 0 spiro atoms.